The summed E-state index contributed by atoms with van der Waals surface area (Å²) in [6.45, 7) is 12.5. The van der Waals surface area contributed by atoms with Gasteiger partial charge in [0.2, 0.25) is 0 Å². The maximum Gasteiger partial charge on any atom is 0.145 e. The van der Waals surface area contributed by atoms with Gasteiger partial charge in [-0.3, -0.25) is 4.90 Å². The second-order valence-corrected chi connectivity index (χ2v) is 6.53. The summed E-state index contributed by atoms with van der Waals surface area (Å²) in [7, 11) is 0. The molecule has 0 amide bonds. The molecule has 2 rings (SSSR count). The first-order chi connectivity index (χ1) is 10.0. The zero-order chi connectivity index (χ0) is 15.1. The van der Waals surface area contributed by atoms with Crippen molar-refractivity contribution in [1.29, 1.82) is 0 Å². The molecular weight excluding hydrogens is 262 g/mol. The minimum Gasteiger partial charge on any atom is -0.368 e. The highest BCUT2D eigenvalue weighted by Gasteiger charge is 2.11. The first-order valence-corrected chi connectivity index (χ1v) is 7.50. The molecule has 0 atom stereocenters. The van der Waals surface area contributed by atoms with Gasteiger partial charge in [0.05, 0.1) is 12.1 Å². The highest BCUT2D eigenvalue weighted by molar-refractivity contribution is 5.52. The Hall–Kier alpha value is -1.64. The molecule has 1 aliphatic heterocycles. The van der Waals surface area contributed by atoms with Gasteiger partial charge < -0.3 is 10.6 Å². The lowest BCUT2D eigenvalue weighted by Gasteiger charge is -2.24. The zero-order valence-corrected chi connectivity index (χ0v) is 13.2. The third-order valence-corrected chi connectivity index (χ3v) is 3.23. The SMILES string of the molecule is CC(C)(C)CNc1ncncc1C#CCN1CCNCC1. The molecule has 0 spiro atoms. The van der Waals surface area contributed by atoms with E-state index < -0.39 is 0 Å². The zero-order valence-electron chi connectivity index (χ0n) is 13.2. The Morgan fingerprint density at radius 3 is 2.81 bits per heavy atom. The van der Waals surface area contributed by atoms with Gasteiger partial charge in [-0.25, -0.2) is 9.97 Å². The molecule has 5 nitrogen and oxygen atoms in total. The molecule has 0 radical (unpaired) electrons. The second kappa shape index (κ2) is 7.39. The van der Waals surface area contributed by atoms with Crippen molar-refractivity contribution >= 4 is 5.82 Å². The van der Waals surface area contributed by atoms with Crippen LogP contribution in [-0.2, 0) is 0 Å². The lowest BCUT2D eigenvalue weighted by atomic mass is 9.97. The van der Waals surface area contributed by atoms with Crippen LogP contribution < -0.4 is 10.6 Å². The summed E-state index contributed by atoms with van der Waals surface area (Å²) < 4.78 is 0. The van der Waals surface area contributed by atoms with Crippen molar-refractivity contribution in [3.8, 4) is 11.8 Å². The quantitative estimate of drug-likeness (QED) is 0.818. The molecule has 2 N–H and O–H groups in total. The summed E-state index contributed by atoms with van der Waals surface area (Å²) >= 11 is 0. The molecule has 0 bridgehead atoms. The topological polar surface area (TPSA) is 53.1 Å². The summed E-state index contributed by atoms with van der Waals surface area (Å²) in [5.74, 6) is 7.26. The van der Waals surface area contributed by atoms with Crippen LogP contribution in [0.25, 0.3) is 0 Å². The maximum absolute atomic E-state index is 4.30. The van der Waals surface area contributed by atoms with Crippen LogP contribution >= 0.6 is 0 Å². The molecule has 1 aliphatic rings. The van der Waals surface area contributed by atoms with Crippen LogP contribution in [0.3, 0.4) is 0 Å². The third-order valence-electron chi connectivity index (χ3n) is 3.23. The minimum atomic E-state index is 0.205. The van der Waals surface area contributed by atoms with E-state index in [0.29, 0.717) is 0 Å². The Balaban J connectivity index is 1.96. The Kier molecular flexibility index (Phi) is 5.54. The number of hydrogen-bond acceptors (Lipinski definition) is 5. The number of nitrogens with zero attached hydrogens (tertiary/aromatic N) is 3. The molecule has 1 aromatic rings. The van der Waals surface area contributed by atoms with Gasteiger partial charge in [-0.15, -0.1) is 0 Å². The fourth-order valence-electron chi connectivity index (χ4n) is 2.03. The highest BCUT2D eigenvalue weighted by atomic mass is 15.2. The molecule has 0 aliphatic carbocycles. The van der Waals surface area contributed by atoms with Gasteiger partial charge in [-0.1, -0.05) is 32.6 Å². The van der Waals surface area contributed by atoms with Crippen LogP contribution in [0.15, 0.2) is 12.5 Å². The molecule has 21 heavy (non-hydrogen) atoms. The first kappa shape index (κ1) is 15.7. The van der Waals surface area contributed by atoms with Crippen LogP contribution in [0.5, 0.6) is 0 Å². The van der Waals surface area contributed by atoms with Gasteiger partial charge in [0.1, 0.15) is 12.1 Å². The van der Waals surface area contributed by atoms with Crippen molar-refractivity contribution in [2.75, 3.05) is 44.6 Å². The average Bonchev–Trinajstić information content (AvgIpc) is 2.46. The largest absolute Gasteiger partial charge is 0.368 e. The standard InChI is InChI=1S/C16H25N5/c1-16(2,3)12-19-15-14(11-18-13-20-15)5-4-8-21-9-6-17-7-10-21/h11,13,17H,6-10,12H2,1-3H3,(H,18,19,20). The van der Waals surface area contributed by atoms with Crippen molar-refractivity contribution in [2.45, 2.75) is 20.8 Å². The van der Waals surface area contributed by atoms with Gasteiger partial charge in [0, 0.05) is 38.9 Å². The molecule has 0 unspecified atom stereocenters. The number of piperazine rings is 1. The monoisotopic (exact) mass is 287 g/mol. The lowest BCUT2D eigenvalue weighted by Crippen LogP contribution is -2.43. The molecule has 2 heterocycles. The normalized spacial score (nSPS) is 16.1. The fourth-order valence-corrected chi connectivity index (χ4v) is 2.03. The van der Waals surface area contributed by atoms with E-state index in [4.69, 9.17) is 0 Å². The molecule has 1 aromatic heterocycles. The van der Waals surface area contributed by atoms with Crippen LogP contribution in [0.1, 0.15) is 26.3 Å². The van der Waals surface area contributed by atoms with E-state index in [1.165, 1.54) is 0 Å². The van der Waals surface area contributed by atoms with E-state index >= 15 is 0 Å². The predicted molar refractivity (Wildman–Crippen MR) is 86.2 cm³/mol. The lowest BCUT2D eigenvalue weighted by molar-refractivity contribution is 0.268. The average molecular weight is 287 g/mol. The van der Waals surface area contributed by atoms with Crippen molar-refractivity contribution in [3.63, 3.8) is 0 Å². The van der Waals surface area contributed by atoms with Crippen molar-refractivity contribution in [3.05, 3.63) is 18.1 Å². The number of hydrogen-bond donors (Lipinski definition) is 2. The first-order valence-electron chi connectivity index (χ1n) is 7.50. The molecule has 0 saturated carbocycles. The molecule has 0 aromatic carbocycles. The Bertz CT molecular complexity index is 503. The summed E-state index contributed by atoms with van der Waals surface area (Å²) in [5, 5.41) is 6.71. The second-order valence-electron chi connectivity index (χ2n) is 6.53. The van der Waals surface area contributed by atoms with Crippen LogP contribution in [0.4, 0.5) is 5.82 Å². The molecule has 114 valence electrons. The fraction of sp³-hybridized carbons (Fsp3) is 0.625. The summed E-state index contributed by atoms with van der Waals surface area (Å²) in [4.78, 5) is 10.7. The van der Waals surface area contributed by atoms with E-state index in [1.807, 2.05) is 0 Å². The van der Waals surface area contributed by atoms with E-state index in [1.54, 1.807) is 12.5 Å². The summed E-state index contributed by atoms with van der Waals surface area (Å²) in [5.41, 5.74) is 1.08. The van der Waals surface area contributed by atoms with Crippen LogP contribution in [-0.4, -0.2) is 54.1 Å². The predicted octanol–water partition coefficient (Wildman–Crippen LogP) is 1.19. The highest BCUT2D eigenvalue weighted by Crippen LogP contribution is 2.15. The van der Waals surface area contributed by atoms with E-state index in [2.05, 4.69) is 58.1 Å². The van der Waals surface area contributed by atoms with Crippen molar-refractivity contribution < 1.29 is 0 Å². The van der Waals surface area contributed by atoms with Gasteiger partial charge in [0.25, 0.3) is 0 Å². The molecule has 1 fully saturated rings. The molecule has 1 saturated heterocycles. The Morgan fingerprint density at radius 2 is 2.10 bits per heavy atom. The Labute approximate surface area is 127 Å². The molecule has 5 heteroatoms. The minimum absolute atomic E-state index is 0.205. The van der Waals surface area contributed by atoms with Crippen molar-refractivity contribution in [2.24, 2.45) is 5.41 Å². The number of nitrogens with one attached hydrogen (secondary N) is 2. The Morgan fingerprint density at radius 1 is 1.33 bits per heavy atom. The van der Waals surface area contributed by atoms with Crippen molar-refractivity contribution in [1.82, 2.24) is 20.2 Å². The number of anilines is 1. The summed E-state index contributed by atoms with van der Waals surface area (Å²) in [6, 6.07) is 0. The van der Waals surface area contributed by atoms with Gasteiger partial charge >= 0.3 is 0 Å². The number of rotatable bonds is 3. The van der Waals surface area contributed by atoms with Crippen LogP contribution in [0, 0.1) is 17.3 Å². The van der Waals surface area contributed by atoms with Gasteiger partial charge in [0.15, 0.2) is 0 Å². The number of aromatic nitrogens is 2. The molecular formula is C16H25N5. The smallest absolute Gasteiger partial charge is 0.145 e. The third kappa shape index (κ3) is 5.70. The summed E-state index contributed by atoms with van der Waals surface area (Å²) in [6.07, 6.45) is 3.34. The van der Waals surface area contributed by atoms with E-state index in [9.17, 15) is 0 Å². The van der Waals surface area contributed by atoms with Crippen LogP contribution in [0.2, 0.25) is 0 Å². The van der Waals surface area contributed by atoms with Gasteiger partial charge in [-0.05, 0) is 5.41 Å². The van der Waals surface area contributed by atoms with E-state index in [-0.39, 0.29) is 5.41 Å². The maximum atomic E-state index is 4.30. The van der Waals surface area contributed by atoms with E-state index in [0.717, 1.165) is 50.6 Å². The van der Waals surface area contributed by atoms with Gasteiger partial charge in [-0.2, -0.15) is 0 Å².